The van der Waals surface area contributed by atoms with Crippen LogP contribution in [0.5, 0.6) is 5.75 Å². The molecule has 1 heterocycles. The van der Waals surface area contributed by atoms with Crippen LogP contribution in [-0.4, -0.2) is 15.2 Å². The first kappa shape index (κ1) is 15.9. The van der Waals surface area contributed by atoms with Crippen LogP contribution >= 0.6 is 0 Å². The Bertz CT molecular complexity index is 940. The largest absolute Gasteiger partial charge is 0.497 e. The highest BCUT2D eigenvalue weighted by Gasteiger charge is 2.40. The maximum absolute atomic E-state index is 5.53. The van der Waals surface area contributed by atoms with Gasteiger partial charge < -0.3 is 4.74 Å². The van der Waals surface area contributed by atoms with Crippen molar-refractivity contribution in [1.29, 1.82) is 0 Å². The average molecular weight is 343 g/mol. The van der Waals surface area contributed by atoms with Gasteiger partial charge >= 0.3 is 0 Å². The molecule has 0 N–H and O–H groups in total. The fourth-order valence-corrected chi connectivity index (χ4v) is 7.43. The first-order chi connectivity index (χ1) is 12.1. The summed E-state index contributed by atoms with van der Waals surface area (Å²) in [7, 11) is -0.0492. The first-order valence-corrected chi connectivity index (χ1v) is 11.7. The molecule has 0 aliphatic carbocycles. The summed E-state index contributed by atoms with van der Waals surface area (Å²) >= 11 is 0. The van der Waals surface area contributed by atoms with E-state index in [1.807, 2.05) is 0 Å². The number of hydrogen-bond donors (Lipinski definition) is 0. The highest BCUT2D eigenvalue weighted by Crippen LogP contribution is 2.43. The number of methoxy groups -OCH3 is 1. The minimum Gasteiger partial charge on any atom is -0.497 e. The van der Waals surface area contributed by atoms with E-state index in [0.717, 1.165) is 5.75 Å². The van der Waals surface area contributed by atoms with Crippen molar-refractivity contribution in [1.82, 2.24) is 0 Å². The van der Waals surface area contributed by atoms with Gasteiger partial charge in [-0.05, 0) is 44.8 Å². The van der Waals surface area contributed by atoms with E-state index in [1.54, 1.807) is 7.11 Å². The molecule has 0 saturated carbocycles. The zero-order valence-corrected chi connectivity index (χ0v) is 15.9. The monoisotopic (exact) mass is 342 g/mol. The summed E-state index contributed by atoms with van der Waals surface area (Å²) in [5, 5.41) is 3.01. The molecule has 3 aromatic rings. The van der Waals surface area contributed by atoms with Crippen LogP contribution in [0.2, 0.25) is 13.1 Å². The molecule has 0 radical (unpaired) electrons. The Balaban J connectivity index is 2.07. The lowest BCUT2D eigenvalue weighted by Gasteiger charge is -2.23. The van der Waals surface area contributed by atoms with Gasteiger partial charge in [-0.2, -0.15) is 0 Å². The van der Waals surface area contributed by atoms with E-state index >= 15 is 0 Å². The zero-order chi connectivity index (χ0) is 17.4. The Morgan fingerprint density at radius 2 is 1.32 bits per heavy atom. The topological polar surface area (TPSA) is 9.23 Å². The molecule has 0 saturated heterocycles. The number of hydrogen-bond acceptors (Lipinski definition) is 1. The first-order valence-electron chi connectivity index (χ1n) is 8.67. The normalized spacial score (nSPS) is 15.2. The molecule has 1 aliphatic heterocycles. The highest BCUT2D eigenvalue weighted by atomic mass is 28.3. The van der Waals surface area contributed by atoms with Crippen LogP contribution in [0.25, 0.3) is 10.8 Å². The molecular weight excluding hydrogens is 320 g/mol. The molecule has 0 atom stereocenters. The lowest BCUT2D eigenvalue weighted by atomic mass is 9.95. The van der Waals surface area contributed by atoms with Crippen molar-refractivity contribution in [2.45, 2.75) is 13.1 Å². The number of fused-ring (bicyclic) bond motifs is 1. The minimum absolute atomic E-state index is 0.922. The molecular formula is C23H22OSi. The number of benzene rings is 3. The van der Waals surface area contributed by atoms with E-state index in [1.165, 1.54) is 32.6 Å². The maximum Gasteiger partial charge on any atom is 0.119 e. The minimum atomic E-state index is -1.79. The quantitative estimate of drug-likeness (QED) is 0.600. The molecule has 124 valence electrons. The van der Waals surface area contributed by atoms with E-state index in [4.69, 9.17) is 4.74 Å². The molecule has 1 nitrogen and oxygen atoms in total. The van der Waals surface area contributed by atoms with Gasteiger partial charge in [0.15, 0.2) is 0 Å². The van der Waals surface area contributed by atoms with Crippen LogP contribution in [0.4, 0.5) is 0 Å². The van der Waals surface area contributed by atoms with Crippen molar-refractivity contribution < 1.29 is 4.74 Å². The van der Waals surface area contributed by atoms with Gasteiger partial charge in [0.05, 0.1) is 7.11 Å². The fourth-order valence-electron chi connectivity index (χ4n) is 4.00. The average Bonchev–Trinajstić information content (AvgIpc) is 2.90. The Hall–Kier alpha value is -2.58. The molecule has 0 fully saturated rings. The third-order valence-corrected chi connectivity index (χ3v) is 8.74. The van der Waals surface area contributed by atoms with Crippen LogP contribution in [-0.2, 0) is 0 Å². The standard InChI is InChI=1S/C23H22OSi/c1-24-19-14-15-21-20(16-19)22(17-10-6-4-7-11-17)23(25(21,2)3)18-12-8-5-9-13-18/h4-16H,1-3H3. The van der Waals surface area contributed by atoms with Crippen molar-refractivity contribution in [3.8, 4) is 5.75 Å². The molecule has 0 aromatic heterocycles. The number of rotatable bonds is 3. The van der Waals surface area contributed by atoms with Gasteiger partial charge in [0.25, 0.3) is 0 Å². The lowest BCUT2D eigenvalue weighted by molar-refractivity contribution is 0.415. The SMILES string of the molecule is COc1ccc2c(c1)C(c1ccccc1)=C(c1ccccc1)[Si]2(C)C. The maximum atomic E-state index is 5.53. The molecule has 1 aliphatic rings. The van der Waals surface area contributed by atoms with E-state index in [0.29, 0.717) is 0 Å². The summed E-state index contributed by atoms with van der Waals surface area (Å²) < 4.78 is 5.53. The van der Waals surface area contributed by atoms with Gasteiger partial charge in [-0.1, -0.05) is 79.8 Å². The van der Waals surface area contributed by atoms with Crippen molar-refractivity contribution >= 4 is 24.0 Å². The molecule has 4 rings (SSSR count). The van der Waals surface area contributed by atoms with Gasteiger partial charge in [-0.3, -0.25) is 0 Å². The summed E-state index contributed by atoms with van der Waals surface area (Å²) in [5.41, 5.74) is 5.33. The van der Waals surface area contributed by atoms with Crippen LogP contribution in [0, 0.1) is 0 Å². The summed E-state index contributed by atoms with van der Waals surface area (Å²) in [6.45, 7) is 4.91. The predicted molar refractivity (Wildman–Crippen MR) is 109 cm³/mol. The summed E-state index contributed by atoms with van der Waals surface area (Å²) in [4.78, 5) is 0. The van der Waals surface area contributed by atoms with Gasteiger partial charge in [-0.15, -0.1) is 0 Å². The van der Waals surface area contributed by atoms with Crippen molar-refractivity contribution in [3.63, 3.8) is 0 Å². The van der Waals surface area contributed by atoms with Crippen molar-refractivity contribution in [3.05, 3.63) is 95.6 Å². The van der Waals surface area contributed by atoms with Crippen LogP contribution in [0.3, 0.4) is 0 Å². The third kappa shape index (κ3) is 2.54. The molecule has 0 bridgehead atoms. The Labute approximate surface area is 150 Å². The van der Waals surface area contributed by atoms with Crippen LogP contribution in [0.15, 0.2) is 78.9 Å². The Morgan fingerprint density at radius 3 is 1.92 bits per heavy atom. The fraction of sp³-hybridized carbons (Fsp3) is 0.130. The van der Waals surface area contributed by atoms with Crippen LogP contribution in [0.1, 0.15) is 16.7 Å². The summed E-state index contributed by atoms with van der Waals surface area (Å²) in [5.74, 6) is 0.922. The zero-order valence-electron chi connectivity index (χ0n) is 14.9. The van der Waals surface area contributed by atoms with Crippen molar-refractivity contribution in [2.75, 3.05) is 7.11 Å². The van der Waals surface area contributed by atoms with E-state index in [9.17, 15) is 0 Å². The van der Waals surface area contributed by atoms with Crippen LogP contribution < -0.4 is 9.92 Å². The molecule has 25 heavy (non-hydrogen) atoms. The Kier molecular flexibility index (Phi) is 3.85. The summed E-state index contributed by atoms with van der Waals surface area (Å²) in [6, 6.07) is 28.2. The highest BCUT2D eigenvalue weighted by molar-refractivity contribution is 7.08. The van der Waals surface area contributed by atoms with E-state index in [-0.39, 0.29) is 0 Å². The second kappa shape index (κ2) is 6.05. The second-order valence-corrected chi connectivity index (χ2v) is 11.3. The van der Waals surface area contributed by atoms with Crippen molar-refractivity contribution in [2.24, 2.45) is 0 Å². The smallest absolute Gasteiger partial charge is 0.119 e. The van der Waals surface area contributed by atoms with E-state index in [2.05, 4.69) is 92.0 Å². The Morgan fingerprint density at radius 1 is 0.720 bits per heavy atom. The predicted octanol–water partition coefficient (Wildman–Crippen LogP) is 5.12. The molecule has 3 aromatic carbocycles. The van der Waals surface area contributed by atoms with Gasteiger partial charge in [0.2, 0.25) is 0 Å². The number of ether oxygens (including phenoxy) is 1. The van der Waals surface area contributed by atoms with Gasteiger partial charge in [0.1, 0.15) is 13.8 Å². The molecule has 0 unspecified atom stereocenters. The molecule has 2 heteroatoms. The second-order valence-electron chi connectivity index (χ2n) is 7.02. The molecule has 0 amide bonds. The lowest BCUT2D eigenvalue weighted by Crippen LogP contribution is -2.40. The van der Waals surface area contributed by atoms with Gasteiger partial charge in [-0.25, -0.2) is 0 Å². The molecule has 0 spiro atoms. The van der Waals surface area contributed by atoms with E-state index < -0.39 is 8.07 Å². The van der Waals surface area contributed by atoms with Gasteiger partial charge in [0, 0.05) is 0 Å². The third-order valence-electron chi connectivity index (χ3n) is 5.17. The summed E-state index contributed by atoms with van der Waals surface area (Å²) in [6.07, 6.45) is 0.